The number of hydrogen-bond donors (Lipinski definition) is 1. The molecule has 1 N–H and O–H groups in total. The van der Waals surface area contributed by atoms with Crippen molar-refractivity contribution < 1.29 is 0 Å². The summed E-state index contributed by atoms with van der Waals surface area (Å²) in [6.45, 7) is 6.36. The monoisotopic (exact) mass is 277 g/mol. The Hall–Kier alpha value is -2.42. The average Bonchev–Trinajstić information content (AvgIpc) is 2.94. The van der Waals surface area contributed by atoms with E-state index in [0.717, 1.165) is 17.2 Å². The molecule has 1 heterocycles. The molecule has 3 heteroatoms. The molecule has 0 aliphatic rings. The zero-order valence-corrected chi connectivity index (χ0v) is 12.6. The number of benzene rings is 2. The van der Waals surface area contributed by atoms with Crippen LogP contribution in [0.2, 0.25) is 0 Å². The predicted octanol–water partition coefficient (Wildman–Crippen LogP) is 4.57. The van der Waals surface area contributed by atoms with Crippen molar-refractivity contribution in [3.63, 3.8) is 0 Å². The second-order valence-electron chi connectivity index (χ2n) is 5.58. The number of rotatable bonds is 3. The molecule has 0 amide bonds. The molecule has 0 atom stereocenters. The third-order valence-electron chi connectivity index (χ3n) is 3.63. The van der Waals surface area contributed by atoms with Gasteiger partial charge in [-0.25, -0.2) is 0 Å². The predicted molar refractivity (Wildman–Crippen MR) is 86.1 cm³/mol. The van der Waals surface area contributed by atoms with E-state index in [4.69, 9.17) is 0 Å². The molecule has 0 aliphatic heterocycles. The second-order valence-corrected chi connectivity index (χ2v) is 5.58. The molecule has 106 valence electrons. The summed E-state index contributed by atoms with van der Waals surface area (Å²) >= 11 is 0. The van der Waals surface area contributed by atoms with Gasteiger partial charge in [0.2, 0.25) is 0 Å². The van der Waals surface area contributed by atoms with Crippen molar-refractivity contribution in [2.75, 3.05) is 0 Å². The largest absolute Gasteiger partial charge is 0.325 e. The van der Waals surface area contributed by atoms with Crippen LogP contribution in [0.25, 0.3) is 22.5 Å². The number of nitrogens with zero attached hydrogens (tertiary/aromatic N) is 2. The molecule has 0 bridgehead atoms. The zero-order chi connectivity index (χ0) is 14.8. The molecule has 0 saturated carbocycles. The normalized spacial score (nSPS) is 11.0. The molecule has 3 aromatic rings. The van der Waals surface area contributed by atoms with Crippen LogP contribution in [0.1, 0.15) is 31.2 Å². The van der Waals surface area contributed by atoms with Crippen molar-refractivity contribution >= 4 is 0 Å². The van der Waals surface area contributed by atoms with Crippen molar-refractivity contribution in [3.05, 3.63) is 59.9 Å². The highest BCUT2D eigenvalue weighted by molar-refractivity contribution is 5.73. The van der Waals surface area contributed by atoms with E-state index in [-0.39, 0.29) is 0 Å². The van der Waals surface area contributed by atoms with Gasteiger partial charge in [0, 0.05) is 5.56 Å². The van der Waals surface area contributed by atoms with E-state index in [1.54, 1.807) is 0 Å². The van der Waals surface area contributed by atoms with E-state index < -0.39 is 0 Å². The molecule has 0 spiro atoms. The summed E-state index contributed by atoms with van der Waals surface area (Å²) in [5.41, 5.74) is 4.91. The third kappa shape index (κ3) is 2.72. The summed E-state index contributed by atoms with van der Waals surface area (Å²) < 4.78 is 0. The van der Waals surface area contributed by atoms with E-state index in [1.165, 1.54) is 16.7 Å². The lowest BCUT2D eigenvalue weighted by atomic mass is 9.91. The van der Waals surface area contributed by atoms with Gasteiger partial charge in [0.25, 0.3) is 0 Å². The maximum atomic E-state index is 4.19. The number of nitrogens with one attached hydrogen (secondary N) is 1. The van der Waals surface area contributed by atoms with Gasteiger partial charge < -0.3 is 4.98 Å². The van der Waals surface area contributed by atoms with Gasteiger partial charge in [0.1, 0.15) is 5.82 Å². The summed E-state index contributed by atoms with van der Waals surface area (Å²) in [6, 6.07) is 17.0. The standard InChI is InChI=1S/C18H19N3/c1-12(2)16-10-9-15(18-19-13(3)20-21-18)11-17(16)14-7-5-4-6-8-14/h4-12H,1-3H3,(H,19,20,21). The number of aryl methyl sites for hydroxylation is 1. The number of aromatic nitrogens is 3. The molecule has 0 unspecified atom stereocenters. The minimum absolute atomic E-state index is 0.478. The summed E-state index contributed by atoms with van der Waals surface area (Å²) in [6.07, 6.45) is 0. The molecule has 0 aliphatic carbocycles. The molecular formula is C18H19N3. The average molecular weight is 277 g/mol. The lowest BCUT2D eigenvalue weighted by Crippen LogP contribution is -1.94. The molecule has 0 fully saturated rings. The van der Waals surface area contributed by atoms with Crippen LogP contribution in [0, 0.1) is 6.92 Å². The van der Waals surface area contributed by atoms with Gasteiger partial charge in [-0.2, -0.15) is 0 Å². The number of aromatic amines is 1. The van der Waals surface area contributed by atoms with Crippen molar-refractivity contribution in [1.82, 2.24) is 15.2 Å². The quantitative estimate of drug-likeness (QED) is 0.762. The smallest absolute Gasteiger partial charge is 0.161 e. The molecular weight excluding hydrogens is 258 g/mol. The molecule has 3 nitrogen and oxygen atoms in total. The minimum atomic E-state index is 0.478. The Bertz CT molecular complexity index is 742. The van der Waals surface area contributed by atoms with Crippen LogP contribution in [0.15, 0.2) is 48.5 Å². The van der Waals surface area contributed by atoms with Crippen molar-refractivity contribution in [2.45, 2.75) is 26.7 Å². The van der Waals surface area contributed by atoms with Crippen LogP contribution in [0.5, 0.6) is 0 Å². The van der Waals surface area contributed by atoms with Gasteiger partial charge in [-0.15, -0.1) is 10.2 Å². The maximum Gasteiger partial charge on any atom is 0.161 e. The Morgan fingerprint density at radius 1 is 0.905 bits per heavy atom. The highest BCUT2D eigenvalue weighted by atomic mass is 15.2. The van der Waals surface area contributed by atoms with Gasteiger partial charge in [0.15, 0.2) is 5.82 Å². The fourth-order valence-electron chi connectivity index (χ4n) is 2.55. The Balaban J connectivity index is 2.15. The Morgan fingerprint density at radius 3 is 2.29 bits per heavy atom. The second kappa shape index (κ2) is 5.52. The van der Waals surface area contributed by atoms with Crippen molar-refractivity contribution in [1.29, 1.82) is 0 Å². The minimum Gasteiger partial charge on any atom is -0.325 e. The lowest BCUT2D eigenvalue weighted by Gasteiger charge is -2.14. The van der Waals surface area contributed by atoms with Gasteiger partial charge in [0.05, 0.1) is 0 Å². The fraction of sp³-hybridized carbons (Fsp3) is 0.222. The first kappa shape index (κ1) is 13.6. The van der Waals surface area contributed by atoms with E-state index >= 15 is 0 Å². The van der Waals surface area contributed by atoms with E-state index in [1.807, 2.05) is 13.0 Å². The Kier molecular flexibility index (Phi) is 3.57. The first-order valence-corrected chi connectivity index (χ1v) is 7.24. The van der Waals surface area contributed by atoms with Crippen LogP contribution >= 0.6 is 0 Å². The van der Waals surface area contributed by atoms with Gasteiger partial charge in [-0.3, -0.25) is 0 Å². The molecule has 0 radical (unpaired) electrons. The number of H-pyrrole nitrogens is 1. The molecule has 0 saturated heterocycles. The fourth-order valence-corrected chi connectivity index (χ4v) is 2.55. The SMILES string of the molecule is Cc1nnc(-c2ccc(C(C)C)c(-c3ccccc3)c2)[nH]1. The molecule has 3 rings (SSSR count). The lowest BCUT2D eigenvalue weighted by molar-refractivity contribution is 0.869. The first-order valence-electron chi connectivity index (χ1n) is 7.24. The van der Waals surface area contributed by atoms with Gasteiger partial charge >= 0.3 is 0 Å². The molecule has 1 aromatic heterocycles. The van der Waals surface area contributed by atoms with E-state index in [2.05, 4.69) is 71.5 Å². The van der Waals surface area contributed by atoms with Crippen LogP contribution in [0.3, 0.4) is 0 Å². The van der Waals surface area contributed by atoms with Crippen molar-refractivity contribution in [2.24, 2.45) is 0 Å². The summed E-state index contributed by atoms with van der Waals surface area (Å²) in [4.78, 5) is 3.20. The van der Waals surface area contributed by atoms with Crippen molar-refractivity contribution in [3.8, 4) is 22.5 Å². The topological polar surface area (TPSA) is 41.6 Å². The van der Waals surface area contributed by atoms with Crippen LogP contribution in [-0.2, 0) is 0 Å². The highest BCUT2D eigenvalue weighted by Gasteiger charge is 2.12. The highest BCUT2D eigenvalue weighted by Crippen LogP contribution is 2.32. The number of hydrogen-bond acceptors (Lipinski definition) is 2. The maximum absolute atomic E-state index is 4.19. The Morgan fingerprint density at radius 2 is 1.67 bits per heavy atom. The summed E-state index contributed by atoms with van der Waals surface area (Å²) in [7, 11) is 0. The van der Waals surface area contributed by atoms with Crippen LogP contribution < -0.4 is 0 Å². The van der Waals surface area contributed by atoms with Crippen LogP contribution in [0.4, 0.5) is 0 Å². The van der Waals surface area contributed by atoms with Gasteiger partial charge in [-0.1, -0.05) is 56.3 Å². The Labute approximate surface area is 125 Å². The summed E-state index contributed by atoms with van der Waals surface area (Å²) in [5.74, 6) is 2.13. The third-order valence-corrected chi connectivity index (χ3v) is 3.63. The van der Waals surface area contributed by atoms with E-state index in [0.29, 0.717) is 5.92 Å². The zero-order valence-electron chi connectivity index (χ0n) is 12.6. The first-order chi connectivity index (χ1) is 10.1. The molecule has 2 aromatic carbocycles. The molecule has 21 heavy (non-hydrogen) atoms. The van der Waals surface area contributed by atoms with Gasteiger partial charge in [-0.05, 0) is 35.6 Å². The van der Waals surface area contributed by atoms with E-state index in [9.17, 15) is 0 Å². The van der Waals surface area contributed by atoms with Crippen LogP contribution in [-0.4, -0.2) is 15.2 Å². The summed E-state index contributed by atoms with van der Waals surface area (Å²) in [5, 5.41) is 8.24.